The summed E-state index contributed by atoms with van der Waals surface area (Å²) in [5.74, 6) is 2.73. The van der Waals surface area contributed by atoms with Gasteiger partial charge in [0.2, 0.25) is 0 Å². The van der Waals surface area contributed by atoms with Gasteiger partial charge in [-0.25, -0.2) is 0 Å². The van der Waals surface area contributed by atoms with E-state index in [9.17, 15) is 4.79 Å². The van der Waals surface area contributed by atoms with Gasteiger partial charge in [-0.05, 0) is 0 Å². The van der Waals surface area contributed by atoms with Crippen molar-refractivity contribution >= 4 is 45.3 Å². The molecular weight excluding hydrogens is 514 g/mol. The van der Waals surface area contributed by atoms with Gasteiger partial charge in [0, 0.05) is 0 Å². The number of fused-ring (bicyclic) bond motifs is 2. The zero-order valence-electron chi connectivity index (χ0n) is 12.4. The van der Waals surface area contributed by atoms with Gasteiger partial charge in [-0.3, -0.25) is 0 Å². The van der Waals surface area contributed by atoms with Crippen LogP contribution in [0.15, 0.2) is 48.5 Å². The van der Waals surface area contributed by atoms with E-state index in [2.05, 4.69) is 0 Å². The number of para-hydroxylation sites is 4. The summed E-state index contributed by atoms with van der Waals surface area (Å²) in [7, 11) is 0. The molecule has 2 aliphatic rings. The Labute approximate surface area is 143 Å². The first-order valence-corrected chi connectivity index (χ1v) is 19.9. The van der Waals surface area contributed by atoms with Crippen LogP contribution in [0.3, 0.4) is 0 Å². The number of benzene rings is 2. The van der Waals surface area contributed by atoms with Crippen molar-refractivity contribution in [3.63, 3.8) is 0 Å². The van der Waals surface area contributed by atoms with Gasteiger partial charge in [0.25, 0.3) is 0 Å². The van der Waals surface area contributed by atoms with Crippen LogP contribution in [-0.2, 0) is 7.87 Å². The van der Waals surface area contributed by atoms with Crippen LogP contribution < -0.4 is 12.3 Å². The van der Waals surface area contributed by atoms with Crippen LogP contribution in [-0.4, -0.2) is 45.3 Å². The van der Waals surface area contributed by atoms with Crippen LogP contribution in [0, 0.1) is 0 Å². The van der Waals surface area contributed by atoms with Crippen LogP contribution in [0.25, 0.3) is 0 Å². The van der Waals surface area contributed by atoms with E-state index in [1.807, 2.05) is 53.5 Å². The van der Waals surface area contributed by atoms with Crippen molar-refractivity contribution in [1.29, 1.82) is 0 Å². The van der Waals surface area contributed by atoms with Crippen LogP contribution in [0.1, 0.15) is 0 Å². The molecule has 0 amide bonds. The first-order chi connectivity index (χ1) is 11.1. The van der Waals surface area contributed by atoms with Crippen molar-refractivity contribution in [2.75, 3.05) is 0 Å². The van der Waals surface area contributed by atoms with E-state index in [4.69, 9.17) is 15.4 Å². The third-order valence-electron chi connectivity index (χ3n) is 3.65. The fraction of sp³-hybridized carbons (Fsp3) is 0.133. The summed E-state index contributed by atoms with van der Waals surface area (Å²) in [4.78, 5) is 13.0. The molecule has 118 valence electrons. The average Bonchev–Trinajstić information content (AvgIpc) is 3.03. The molecule has 0 N–H and O–H groups in total. The molecule has 0 aromatic heterocycles. The second-order valence-corrected chi connectivity index (χ2v) is 26.7. The molecule has 0 bridgehead atoms. The summed E-state index contributed by atoms with van der Waals surface area (Å²) in [6, 6.07) is 14.9. The zero-order valence-corrected chi connectivity index (χ0v) is 18.1. The average molecular weight is 528 g/mol. The molecule has 0 spiro atoms. The molecule has 23 heavy (non-hydrogen) atoms. The van der Waals surface area contributed by atoms with Gasteiger partial charge in [0.15, 0.2) is 0 Å². The molecule has 0 saturated carbocycles. The number of rotatable bonds is 4. The monoisotopic (exact) mass is 530 g/mol. The Bertz CT molecular complexity index is 715. The Kier molecular flexibility index (Phi) is 3.75. The fourth-order valence-corrected chi connectivity index (χ4v) is 35.7. The van der Waals surface area contributed by atoms with Crippen molar-refractivity contribution < 1.29 is 20.2 Å². The molecule has 0 radical (unpaired) electrons. The zero-order chi connectivity index (χ0) is 15.9. The van der Waals surface area contributed by atoms with Gasteiger partial charge in [0.1, 0.15) is 0 Å². The molecule has 2 aromatic rings. The normalized spacial score (nSPS) is 18.5. The summed E-state index contributed by atoms with van der Waals surface area (Å²) >= 11 is -7.60. The maximum absolute atomic E-state index is 11.0. The first-order valence-electron chi connectivity index (χ1n) is 7.17. The van der Waals surface area contributed by atoms with E-state index in [1.54, 1.807) is 0 Å². The molecular formula is C15H14O6Sn2. The third kappa shape index (κ3) is 2.82. The summed E-state index contributed by atoms with van der Waals surface area (Å²) in [6.07, 6.45) is 0. The SMILES string of the molecule is [CH3][Sn]1([CH2][Sn]2([O]C=O)[O]c3ccccc3[O]2)[O]c2ccccc2[O]1. The Morgan fingerprint density at radius 3 is 1.74 bits per heavy atom. The van der Waals surface area contributed by atoms with Crippen LogP contribution >= 0.6 is 0 Å². The molecule has 0 atom stereocenters. The van der Waals surface area contributed by atoms with Gasteiger partial charge in [-0.2, -0.15) is 0 Å². The van der Waals surface area contributed by atoms with Gasteiger partial charge in [0.05, 0.1) is 0 Å². The molecule has 8 heteroatoms. The Balaban J connectivity index is 1.60. The predicted molar refractivity (Wildman–Crippen MR) is 84.7 cm³/mol. The topological polar surface area (TPSA) is 63.2 Å². The standard InChI is InChI=1S/2C6H6O2.CH2O2.CH3.CH2.2Sn/c2*7-5-3-1-2-4-6(5)8;2-1-3;;;;/h2*1-4,7-8H;1H,(H,2,3);1H3;1H2;;/q;;;;;+2;+3/p-5. The molecule has 0 fully saturated rings. The molecule has 0 aliphatic carbocycles. The van der Waals surface area contributed by atoms with Crippen LogP contribution in [0.5, 0.6) is 23.0 Å². The minimum atomic E-state index is -4.11. The second kappa shape index (κ2) is 5.66. The number of hydrogen-bond acceptors (Lipinski definition) is 6. The van der Waals surface area contributed by atoms with Gasteiger partial charge >= 0.3 is 144 Å². The van der Waals surface area contributed by atoms with Crippen molar-refractivity contribution in [2.24, 2.45) is 0 Å². The van der Waals surface area contributed by atoms with E-state index in [1.165, 1.54) is 0 Å². The van der Waals surface area contributed by atoms with E-state index in [0.29, 0.717) is 20.4 Å². The summed E-state index contributed by atoms with van der Waals surface area (Å²) in [5, 5.41) is 0. The first kappa shape index (κ1) is 15.2. The van der Waals surface area contributed by atoms with E-state index in [0.717, 1.165) is 11.5 Å². The van der Waals surface area contributed by atoms with Gasteiger partial charge in [-0.1, -0.05) is 0 Å². The molecule has 2 aliphatic heterocycles. The van der Waals surface area contributed by atoms with E-state index >= 15 is 0 Å². The van der Waals surface area contributed by atoms with Crippen LogP contribution in [0.2, 0.25) is 7.39 Å². The number of hydrogen-bond donors (Lipinski definition) is 0. The second-order valence-electron chi connectivity index (χ2n) is 5.51. The maximum atomic E-state index is 11.0. The van der Waals surface area contributed by atoms with Crippen LogP contribution in [0.4, 0.5) is 0 Å². The van der Waals surface area contributed by atoms with E-state index in [-0.39, 0.29) is 0 Å². The molecule has 6 nitrogen and oxygen atoms in total. The molecule has 0 saturated heterocycles. The van der Waals surface area contributed by atoms with Gasteiger partial charge < -0.3 is 0 Å². The summed E-state index contributed by atoms with van der Waals surface area (Å²) < 4.78 is 30.0. The Morgan fingerprint density at radius 1 is 0.870 bits per heavy atom. The Morgan fingerprint density at radius 2 is 1.30 bits per heavy atom. The summed E-state index contributed by atoms with van der Waals surface area (Å²) in [5.41, 5.74) is 0. The molecule has 0 unspecified atom stereocenters. The molecule has 4 rings (SSSR count). The van der Waals surface area contributed by atoms with Crippen molar-refractivity contribution in [2.45, 2.75) is 7.39 Å². The minimum absolute atomic E-state index is 0.416. The van der Waals surface area contributed by atoms with Crippen molar-refractivity contribution in [3.8, 4) is 23.0 Å². The number of carbonyl (C=O) groups excluding carboxylic acids is 1. The summed E-state index contributed by atoms with van der Waals surface area (Å²) in [6.45, 7) is 0.416. The number of carbonyl (C=O) groups is 1. The third-order valence-corrected chi connectivity index (χ3v) is 35.4. The quantitative estimate of drug-likeness (QED) is 0.450. The van der Waals surface area contributed by atoms with Crippen molar-refractivity contribution in [3.05, 3.63) is 48.5 Å². The molecule has 2 heterocycles. The fourth-order valence-electron chi connectivity index (χ4n) is 2.78. The molecule has 2 aromatic carbocycles. The van der Waals surface area contributed by atoms with E-state index < -0.39 is 38.8 Å². The Hall–Kier alpha value is -1.29. The van der Waals surface area contributed by atoms with Gasteiger partial charge in [-0.15, -0.1) is 0 Å². The predicted octanol–water partition coefficient (Wildman–Crippen LogP) is 2.65. The van der Waals surface area contributed by atoms with Crippen molar-refractivity contribution in [1.82, 2.24) is 0 Å².